The van der Waals surface area contributed by atoms with Gasteiger partial charge in [0.1, 0.15) is 0 Å². The van der Waals surface area contributed by atoms with Gasteiger partial charge in [0.25, 0.3) is 0 Å². The standard InChI is InChI=1S/C11H20O/c1-11(2,3)9-7-5-6-8-10-12-4/h5-6,8,10H2,1-4H3. The van der Waals surface area contributed by atoms with Gasteiger partial charge in [-0.1, -0.05) is 5.92 Å². The zero-order valence-corrected chi connectivity index (χ0v) is 8.74. The Hall–Kier alpha value is -0.480. The van der Waals surface area contributed by atoms with Crippen LogP contribution in [0.5, 0.6) is 0 Å². The highest BCUT2D eigenvalue weighted by Gasteiger charge is 2.02. The maximum absolute atomic E-state index is 4.94. The molecule has 0 aromatic rings. The Labute approximate surface area is 76.5 Å². The van der Waals surface area contributed by atoms with Crippen molar-refractivity contribution in [3.63, 3.8) is 0 Å². The lowest BCUT2D eigenvalue weighted by molar-refractivity contribution is 0.193. The molecule has 1 nitrogen and oxygen atoms in total. The van der Waals surface area contributed by atoms with Gasteiger partial charge >= 0.3 is 0 Å². The van der Waals surface area contributed by atoms with E-state index >= 15 is 0 Å². The van der Waals surface area contributed by atoms with Gasteiger partial charge in [-0.25, -0.2) is 0 Å². The van der Waals surface area contributed by atoms with Gasteiger partial charge in [0, 0.05) is 25.6 Å². The van der Waals surface area contributed by atoms with Gasteiger partial charge in [-0.05, 0) is 33.6 Å². The molecule has 0 radical (unpaired) electrons. The number of rotatable bonds is 4. The molecule has 0 aliphatic rings. The summed E-state index contributed by atoms with van der Waals surface area (Å²) in [6, 6.07) is 0. The molecule has 0 fully saturated rings. The van der Waals surface area contributed by atoms with Gasteiger partial charge in [0.15, 0.2) is 0 Å². The summed E-state index contributed by atoms with van der Waals surface area (Å²) in [4.78, 5) is 0. The minimum Gasteiger partial charge on any atom is -0.385 e. The quantitative estimate of drug-likeness (QED) is 0.463. The van der Waals surface area contributed by atoms with Crippen molar-refractivity contribution in [3.05, 3.63) is 0 Å². The molecule has 0 amide bonds. The van der Waals surface area contributed by atoms with Gasteiger partial charge in [-0.3, -0.25) is 0 Å². The van der Waals surface area contributed by atoms with Gasteiger partial charge in [-0.2, -0.15) is 0 Å². The summed E-state index contributed by atoms with van der Waals surface area (Å²) < 4.78 is 4.94. The van der Waals surface area contributed by atoms with Crippen LogP contribution >= 0.6 is 0 Å². The molecular weight excluding hydrogens is 148 g/mol. The second-order valence-electron chi connectivity index (χ2n) is 4.00. The Morgan fingerprint density at radius 1 is 1.17 bits per heavy atom. The summed E-state index contributed by atoms with van der Waals surface area (Å²) in [5, 5.41) is 0. The van der Waals surface area contributed by atoms with E-state index in [1.807, 2.05) is 0 Å². The molecule has 0 atom stereocenters. The summed E-state index contributed by atoms with van der Waals surface area (Å²) in [6.45, 7) is 7.26. The molecule has 0 spiro atoms. The van der Waals surface area contributed by atoms with Crippen molar-refractivity contribution in [1.82, 2.24) is 0 Å². The average molecular weight is 168 g/mol. The van der Waals surface area contributed by atoms with Crippen LogP contribution in [0.25, 0.3) is 0 Å². The van der Waals surface area contributed by atoms with E-state index in [9.17, 15) is 0 Å². The maximum atomic E-state index is 4.94. The molecule has 1 heteroatoms. The Morgan fingerprint density at radius 2 is 1.83 bits per heavy atom. The lowest BCUT2D eigenvalue weighted by Crippen LogP contribution is -1.99. The highest BCUT2D eigenvalue weighted by atomic mass is 16.5. The first-order chi connectivity index (χ1) is 5.56. The normalized spacial score (nSPS) is 10.7. The van der Waals surface area contributed by atoms with Crippen LogP contribution in [0.2, 0.25) is 0 Å². The zero-order valence-electron chi connectivity index (χ0n) is 8.74. The largest absolute Gasteiger partial charge is 0.385 e. The van der Waals surface area contributed by atoms with E-state index in [1.165, 1.54) is 0 Å². The van der Waals surface area contributed by atoms with E-state index in [1.54, 1.807) is 7.11 Å². The SMILES string of the molecule is COCCCCC#CC(C)(C)C. The predicted molar refractivity (Wildman–Crippen MR) is 53.0 cm³/mol. The monoisotopic (exact) mass is 168 g/mol. The van der Waals surface area contributed by atoms with Crippen molar-refractivity contribution in [2.75, 3.05) is 13.7 Å². The molecule has 0 heterocycles. The van der Waals surface area contributed by atoms with Crippen LogP contribution < -0.4 is 0 Å². The second-order valence-corrected chi connectivity index (χ2v) is 4.00. The third-order valence-corrected chi connectivity index (χ3v) is 1.36. The molecule has 0 rings (SSSR count). The van der Waals surface area contributed by atoms with Crippen molar-refractivity contribution >= 4 is 0 Å². The van der Waals surface area contributed by atoms with Crippen LogP contribution in [-0.2, 0) is 4.74 Å². The zero-order chi connectivity index (χ0) is 9.45. The van der Waals surface area contributed by atoms with Gasteiger partial charge in [0.2, 0.25) is 0 Å². The van der Waals surface area contributed by atoms with E-state index in [4.69, 9.17) is 4.74 Å². The molecule has 0 saturated carbocycles. The minimum absolute atomic E-state index is 0.154. The lowest BCUT2D eigenvalue weighted by atomic mass is 9.98. The summed E-state index contributed by atoms with van der Waals surface area (Å²) >= 11 is 0. The van der Waals surface area contributed by atoms with Crippen LogP contribution in [0, 0.1) is 17.3 Å². The van der Waals surface area contributed by atoms with Crippen LogP contribution in [-0.4, -0.2) is 13.7 Å². The fourth-order valence-electron chi connectivity index (χ4n) is 0.787. The molecule has 12 heavy (non-hydrogen) atoms. The molecule has 0 unspecified atom stereocenters. The lowest BCUT2D eigenvalue weighted by Gasteiger charge is -2.06. The van der Waals surface area contributed by atoms with Gasteiger partial charge in [0.05, 0.1) is 0 Å². The smallest absolute Gasteiger partial charge is 0.0462 e. The van der Waals surface area contributed by atoms with E-state index in [2.05, 4.69) is 32.6 Å². The average Bonchev–Trinajstić information content (AvgIpc) is 1.94. The van der Waals surface area contributed by atoms with Crippen molar-refractivity contribution in [2.45, 2.75) is 40.0 Å². The van der Waals surface area contributed by atoms with Crippen LogP contribution in [0.1, 0.15) is 40.0 Å². The van der Waals surface area contributed by atoms with Gasteiger partial charge < -0.3 is 4.74 Å². The van der Waals surface area contributed by atoms with Crippen LogP contribution in [0.4, 0.5) is 0 Å². The first kappa shape index (κ1) is 11.5. The van der Waals surface area contributed by atoms with E-state index in [0.717, 1.165) is 25.9 Å². The van der Waals surface area contributed by atoms with Crippen molar-refractivity contribution in [1.29, 1.82) is 0 Å². The Bertz CT molecular complexity index is 154. The maximum Gasteiger partial charge on any atom is 0.0462 e. The second kappa shape index (κ2) is 6.08. The summed E-state index contributed by atoms with van der Waals surface area (Å²) in [5.74, 6) is 6.39. The molecule has 0 aromatic heterocycles. The number of ether oxygens (including phenoxy) is 1. The predicted octanol–water partition coefficient (Wildman–Crippen LogP) is 2.85. The summed E-state index contributed by atoms with van der Waals surface area (Å²) in [6.07, 6.45) is 3.27. The van der Waals surface area contributed by atoms with Crippen LogP contribution in [0.15, 0.2) is 0 Å². The number of unbranched alkanes of at least 4 members (excludes halogenated alkanes) is 2. The van der Waals surface area contributed by atoms with Crippen molar-refractivity contribution in [3.8, 4) is 11.8 Å². The summed E-state index contributed by atoms with van der Waals surface area (Å²) in [5.41, 5.74) is 0.154. The molecule has 0 aromatic carbocycles. The van der Waals surface area contributed by atoms with Crippen molar-refractivity contribution < 1.29 is 4.74 Å². The third-order valence-electron chi connectivity index (χ3n) is 1.36. The number of hydrogen-bond acceptors (Lipinski definition) is 1. The molecule has 70 valence electrons. The highest BCUT2D eigenvalue weighted by molar-refractivity contribution is 5.06. The molecular formula is C11H20O. The van der Waals surface area contributed by atoms with E-state index in [0.29, 0.717) is 0 Å². The topological polar surface area (TPSA) is 9.23 Å². The van der Waals surface area contributed by atoms with E-state index in [-0.39, 0.29) is 5.41 Å². The first-order valence-electron chi connectivity index (χ1n) is 4.55. The molecule has 0 aliphatic heterocycles. The van der Waals surface area contributed by atoms with Crippen molar-refractivity contribution in [2.24, 2.45) is 5.41 Å². The third kappa shape index (κ3) is 9.52. The Kier molecular flexibility index (Phi) is 5.84. The first-order valence-corrected chi connectivity index (χ1v) is 4.55. The fraction of sp³-hybridized carbons (Fsp3) is 0.818. The van der Waals surface area contributed by atoms with E-state index < -0.39 is 0 Å². The molecule has 0 aliphatic carbocycles. The fourth-order valence-corrected chi connectivity index (χ4v) is 0.787. The van der Waals surface area contributed by atoms with Gasteiger partial charge in [-0.15, -0.1) is 5.92 Å². The molecule has 0 bridgehead atoms. The Morgan fingerprint density at radius 3 is 2.33 bits per heavy atom. The summed E-state index contributed by atoms with van der Waals surface area (Å²) in [7, 11) is 1.74. The van der Waals surface area contributed by atoms with Crippen LogP contribution in [0.3, 0.4) is 0 Å². The number of methoxy groups -OCH3 is 1. The highest BCUT2D eigenvalue weighted by Crippen LogP contribution is 2.10. The Balaban J connectivity index is 3.34. The molecule has 0 saturated heterocycles. The number of hydrogen-bond donors (Lipinski definition) is 0. The molecule has 0 N–H and O–H groups in total. The minimum atomic E-state index is 0.154.